The third-order valence-corrected chi connectivity index (χ3v) is 2.35. The molecule has 0 aliphatic rings. The second-order valence-electron chi connectivity index (χ2n) is 3.41. The van der Waals surface area contributed by atoms with Crippen LogP contribution in [0.15, 0.2) is 22.9 Å². The molecule has 0 spiro atoms. The van der Waals surface area contributed by atoms with Crippen LogP contribution in [0.25, 0.3) is 0 Å². The maximum absolute atomic E-state index is 12.0. The SMILES string of the molecule is NC(=O)CN(CC(=O)O)C(=O)c1cncc(Br)c1. The van der Waals surface area contributed by atoms with Gasteiger partial charge in [0.15, 0.2) is 0 Å². The number of nitrogens with two attached hydrogens (primary N) is 1. The molecule has 0 radical (unpaired) electrons. The number of hydrogen-bond donors (Lipinski definition) is 2. The van der Waals surface area contributed by atoms with Crippen molar-refractivity contribution in [1.29, 1.82) is 0 Å². The molecule has 0 saturated heterocycles. The summed E-state index contributed by atoms with van der Waals surface area (Å²) >= 11 is 3.14. The number of aliphatic carboxylic acids is 1. The van der Waals surface area contributed by atoms with E-state index in [0.717, 1.165) is 4.90 Å². The van der Waals surface area contributed by atoms with Gasteiger partial charge in [-0.05, 0) is 22.0 Å². The average Bonchev–Trinajstić information content (AvgIpc) is 2.26. The Bertz CT molecular complexity index is 476. The van der Waals surface area contributed by atoms with Crippen LogP contribution in [0.1, 0.15) is 10.4 Å². The molecule has 0 saturated carbocycles. The number of hydrogen-bond acceptors (Lipinski definition) is 4. The van der Waals surface area contributed by atoms with Crippen molar-refractivity contribution in [2.24, 2.45) is 5.73 Å². The van der Waals surface area contributed by atoms with Gasteiger partial charge in [-0.25, -0.2) is 0 Å². The summed E-state index contributed by atoms with van der Waals surface area (Å²) < 4.78 is 0.572. The topological polar surface area (TPSA) is 114 Å². The summed E-state index contributed by atoms with van der Waals surface area (Å²) in [4.78, 5) is 38.0. The van der Waals surface area contributed by atoms with Gasteiger partial charge in [0.1, 0.15) is 13.1 Å². The molecule has 0 atom stereocenters. The Morgan fingerprint density at radius 1 is 1.33 bits per heavy atom. The van der Waals surface area contributed by atoms with Crippen molar-refractivity contribution >= 4 is 33.7 Å². The zero-order valence-corrected chi connectivity index (χ0v) is 10.8. The number of aromatic nitrogens is 1. The van der Waals surface area contributed by atoms with E-state index in [1.807, 2.05) is 0 Å². The number of amides is 2. The Balaban J connectivity index is 2.94. The van der Waals surface area contributed by atoms with E-state index in [2.05, 4.69) is 20.9 Å². The second-order valence-corrected chi connectivity index (χ2v) is 4.33. The van der Waals surface area contributed by atoms with Crippen molar-refractivity contribution in [2.75, 3.05) is 13.1 Å². The van der Waals surface area contributed by atoms with E-state index in [-0.39, 0.29) is 5.56 Å². The zero-order chi connectivity index (χ0) is 13.7. The molecule has 96 valence electrons. The number of nitrogens with zero attached hydrogens (tertiary/aromatic N) is 2. The standard InChI is InChI=1S/C10H10BrN3O4/c11-7-1-6(2-13-3-7)10(18)14(4-8(12)15)5-9(16)17/h1-3H,4-5H2,(H2,12,15)(H,16,17). The summed E-state index contributed by atoms with van der Waals surface area (Å²) in [7, 11) is 0. The molecule has 18 heavy (non-hydrogen) atoms. The third-order valence-electron chi connectivity index (χ3n) is 1.91. The minimum absolute atomic E-state index is 0.173. The van der Waals surface area contributed by atoms with Gasteiger partial charge >= 0.3 is 5.97 Å². The van der Waals surface area contributed by atoms with Gasteiger partial charge in [-0.15, -0.1) is 0 Å². The second kappa shape index (κ2) is 6.10. The van der Waals surface area contributed by atoms with E-state index in [0.29, 0.717) is 4.47 Å². The fourth-order valence-electron chi connectivity index (χ4n) is 1.26. The van der Waals surface area contributed by atoms with Gasteiger partial charge in [-0.1, -0.05) is 0 Å². The molecule has 0 fully saturated rings. The molecule has 8 heteroatoms. The normalized spacial score (nSPS) is 9.83. The lowest BCUT2D eigenvalue weighted by Gasteiger charge is -2.18. The minimum Gasteiger partial charge on any atom is -0.480 e. The number of carboxylic acids is 1. The summed E-state index contributed by atoms with van der Waals surface area (Å²) in [5.74, 6) is -2.63. The lowest BCUT2D eigenvalue weighted by atomic mass is 10.2. The lowest BCUT2D eigenvalue weighted by molar-refractivity contribution is -0.138. The molecule has 1 aromatic heterocycles. The number of primary amides is 1. The van der Waals surface area contributed by atoms with E-state index < -0.39 is 30.9 Å². The maximum atomic E-state index is 12.0. The van der Waals surface area contributed by atoms with Crippen molar-refractivity contribution in [3.63, 3.8) is 0 Å². The molecule has 0 bridgehead atoms. The molecule has 1 aromatic rings. The predicted octanol–water partition coefficient (Wildman–Crippen LogP) is -0.144. The Labute approximate surface area is 111 Å². The van der Waals surface area contributed by atoms with Crippen molar-refractivity contribution in [3.8, 4) is 0 Å². The molecule has 3 N–H and O–H groups in total. The molecule has 0 aliphatic heterocycles. The highest BCUT2D eigenvalue weighted by Gasteiger charge is 2.20. The first-order chi connectivity index (χ1) is 8.40. The van der Waals surface area contributed by atoms with E-state index in [4.69, 9.17) is 10.8 Å². The van der Waals surface area contributed by atoms with Gasteiger partial charge in [-0.3, -0.25) is 19.4 Å². The van der Waals surface area contributed by atoms with Crippen LogP contribution in [0.4, 0.5) is 0 Å². The molecule has 0 unspecified atom stereocenters. The highest BCUT2D eigenvalue weighted by Crippen LogP contribution is 2.11. The monoisotopic (exact) mass is 315 g/mol. The smallest absolute Gasteiger partial charge is 0.323 e. The Morgan fingerprint density at radius 3 is 2.50 bits per heavy atom. The summed E-state index contributed by atoms with van der Waals surface area (Å²) in [6.45, 7) is -1.06. The predicted molar refractivity (Wildman–Crippen MR) is 64.7 cm³/mol. The molecular formula is C10H10BrN3O4. The van der Waals surface area contributed by atoms with Crippen LogP contribution in [0.2, 0.25) is 0 Å². The Morgan fingerprint density at radius 2 is 2.00 bits per heavy atom. The van der Waals surface area contributed by atoms with Gasteiger partial charge < -0.3 is 15.7 Å². The first-order valence-electron chi connectivity index (χ1n) is 4.80. The fourth-order valence-corrected chi connectivity index (χ4v) is 1.63. The van der Waals surface area contributed by atoms with Gasteiger partial charge in [0.25, 0.3) is 5.91 Å². The quantitative estimate of drug-likeness (QED) is 0.784. The summed E-state index contributed by atoms with van der Waals surface area (Å²) in [5, 5.41) is 8.68. The number of halogens is 1. The number of carboxylic acid groups (broad SMARTS) is 1. The van der Waals surface area contributed by atoms with E-state index >= 15 is 0 Å². The van der Waals surface area contributed by atoms with Crippen LogP contribution in [0.3, 0.4) is 0 Å². The number of carbonyl (C=O) groups excluding carboxylic acids is 2. The zero-order valence-electron chi connectivity index (χ0n) is 9.17. The maximum Gasteiger partial charge on any atom is 0.323 e. The summed E-state index contributed by atoms with van der Waals surface area (Å²) in [5.41, 5.74) is 5.14. The van der Waals surface area contributed by atoms with E-state index in [9.17, 15) is 14.4 Å². The van der Waals surface area contributed by atoms with Crippen LogP contribution in [-0.4, -0.2) is 45.9 Å². The minimum atomic E-state index is -1.23. The van der Waals surface area contributed by atoms with Gasteiger partial charge in [0, 0.05) is 16.9 Å². The summed E-state index contributed by atoms with van der Waals surface area (Å²) in [6.07, 6.45) is 2.76. The number of carbonyl (C=O) groups is 3. The van der Waals surface area contributed by atoms with Gasteiger partial charge in [0.05, 0.1) is 5.56 Å². The first kappa shape index (κ1) is 14.1. The van der Waals surface area contributed by atoms with Crippen molar-refractivity contribution in [3.05, 3.63) is 28.5 Å². The van der Waals surface area contributed by atoms with E-state index in [1.165, 1.54) is 18.5 Å². The largest absolute Gasteiger partial charge is 0.480 e. The third kappa shape index (κ3) is 4.13. The molecule has 7 nitrogen and oxygen atoms in total. The molecule has 0 aromatic carbocycles. The Hall–Kier alpha value is -1.96. The summed E-state index contributed by atoms with van der Waals surface area (Å²) in [6, 6.07) is 1.48. The van der Waals surface area contributed by atoms with Crippen molar-refractivity contribution in [2.45, 2.75) is 0 Å². The van der Waals surface area contributed by atoms with E-state index in [1.54, 1.807) is 0 Å². The van der Waals surface area contributed by atoms with Crippen molar-refractivity contribution < 1.29 is 19.5 Å². The lowest BCUT2D eigenvalue weighted by Crippen LogP contribution is -2.41. The highest BCUT2D eigenvalue weighted by atomic mass is 79.9. The van der Waals surface area contributed by atoms with Crippen LogP contribution in [0, 0.1) is 0 Å². The van der Waals surface area contributed by atoms with Gasteiger partial charge in [0.2, 0.25) is 5.91 Å². The van der Waals surface area contributed by atoms with Crippen LogP contribution in [0.5, 0.6) is 0 Å². The van der Waals surface area contributed by atoms with Crippen LogP contribution in [-0.2, 0) is 9.59 Å². The molecule has 1 heterocycles. The first-order valence-corrected chi connectivity index (χ1v) is 5.59. The fraction of sp³-hybridized carbons (Fsp3) is 0.200. The average molecular weight is 316 g/mol. The molecule has 0 aliphatic carbocycles. The highest BCUT2D eigenvalue weighted by molar-refractivity contribution is 9.10. The molecular weight excluding hydrogens is 306 g/mol. The number of rotatable bonds is 5. The molecule has 1 rings (SSSR count). The van der Waals surface area contributed by atoms with Crippen LogP contribution >= 0.6 is 15.9 Å². The molecule has 2 amide bonds. The number of pyridine rings is 1. The Kier molecular flexibility index (Phi) is 4.78. The van der Waals surface area contributed by atoms with Crippen LogP contribution < -0.4 is 5.73 Å². The van der Waals surface area contributed by atoms with Crippen molar-refractivity contribution in [1.82, 2.24) is 9.88 Å². The van der Waals surface area contributed by atoms with Gasteiger partial charge in [-0.2, -0.15) is 0 Å².